The van der Waals surface area contributed by atoms with E-state index in [-0.39, 0.29) is 23.8 Å². The van der Waals surface area contributed by atoms with Gasteiger partial charge in [-0.1, -0.05) is 0 Å². The van der Waals surface area contributed by atoms with Crippen LogP contribution in [0, 0.1) is 5.82 Å². The molecule has 0 radical (unpaired) electrons. The zero-order chi connectivity index (χ0) is 25.9. The van der Waals surface area contributed by atoms with Gasteiger partial charge in [-0.25, -0.2) is 4.39 Å². The predicted octanol–water partition coefficient (Wildman–Crippen LogP) is 4.00. The van der Waals surface area contributed by atoms with Gasteiger partial charge in [-0.15, -0.1) is 0 Å². The molecule has 36 heavy (non-hydrogen) atoms. The lowest BCUT2D eigenvalue weighted by Gasteiger charge is -2.17. The summed E-state index contributed by atoms with van der Waals surface area (Å²) in [6.45, 7) is 0.0535. The summed E-state index contributed by atoms with van der Waals surface area (Å²) in [5, 5.41) is 11.0. The van der Waals surface area contributed by atoms with Crippen LogP contribution in [-0.2, 0) is 17.5 Å². The lowest BCUT2D eigenvalue weighted by atomic mass is 10.1. The highest BCUT2D eigenvalue weighted by Gasteiger charge is 2.51. The first-order valence-corrected chi connectivity index (χ1v) is 10.9. The van der Waals surface area contributed by atoms with Gasteiger partial charge in [0.05, 0.1) is 46.6 Å². The molecule has 0 bridgehead atoms. The van der Waals surface area contributed by atoms with Gasteiger partial charge in [-0.05, 0) is 49.2 Å². The number of rotatable bonds is 8. The standard InChI is InChI=1S/C24H22F4N6O2/c1-29-18-8-14(10-30-11-18)21(35)34-23(6-7-23)22(36)32-12-16-3-4-17(13-31-16)33-20-5-2-15(25)9-19(20)24(26,27)28/h2-5,8-11,13,29,33H,6-7,12H2,1H3,(H,32,36)(H,34,35). The SMILES string of the molecule is CNc1cncc(C(=O)NC2(C(=O)NCc3ccc(Nc4ccc(F)cc4C(F)(F)F)cn3)CC2)c1. The minimum absolute atomic E-state index is 0.0535. The first-order valence-electron chi connectivity index (χ1n) is 10.9. The van der Waals surface area contributed by atoms with Crippen molar-refractivity contribution in [3.63, 3.8) is 0 Å². The van der Waals surface area contributed by atoms with Crippen molar-refractivity contribution >= 4 is 28.9 Å². The summed E-state index contributed by atoms with van der Waals surface area (Å²) in [6.07, 6.45) is 0.522. The van der Waals surface area contributed by atoms with Crippen LogP contribution in [0.1, 0.15) is 34.5 Å². The summed E-state index contributed by atoms with van der Waals surface area (Å²) in [4.78, 5) is 33.4. The zero-order valence-electron chi connectivity index (χ0n) is 19.0. The second-order valence-electron chi connectivity index (χ2n) is 8.28. The van der Waals surface area contributed by atoms with Crippen LogP contribution in [0.15, 0.2) is 55.0 Å². The third-order valence-electron chi connectivity index (χ3n) is 5.65. The lowest BCUT2D eigenvalue weighted by molar-refractivity contribution is -0.137. The van der Waals surface area contributed by atoms with E-state index in [0.29, 0.717) is 35.9 Å². The molecule has 8 nitrogen and oxygen atoms in total. The van der Waals surface area contributed by atoms with Gasteiger partial charge in [0.1, 0.15) is 11.4 Å². The molecule has 1 aromatic carbocycles. The average molecular weight is 502 g/mol. The molecule has 3 aromatic rings. The number of aromatic nitrogens is 2. The fraction of sp³-hybridized carbons (Fsp3) is 0.250. The third-order valence-corrected chi connectivity index (χ3v) is 5.65. The van der Waals surface area contributed by atoms with Crippen LogP contribution in [-0.4, -0.2) is 34.4 Å². The maximum Gasteiger partial charge on any atom is 0.418 e. The zero-order valence-corrected chi connectivity index (χ0v) is 19.0. The fourth-order valence-electron chi connectivity index (χ4n) is 3.48. The fourth-order valence-corrected chi connectivity index (χ4v) is 3.48. The number of carbonyl (C=O) groups excluding carboxylic acids is 2. The predicted molar refractivity (Wildman–Crippen MR) is 124 cm³/mol. The van der Waals surface area contributed by atoms with E-state index in [1.54, 1.807) is 19.3 Å². The van der Waals surface area contributed by atoms with Crippen LogP contribution in [0.3, 0.4) is 0 Å². The molecule has 2 aromatic heterocycles. The number of carbonyl (C=O) groups is 2. The van der Waals surface area contributed by atoms with Crippen molar-refractivity contribution in [3.05, 3.63) is 77.6 Å². The van der Waals surface area contributed by atoms with E-state index in [4.69, 9.17) is 0 Å². The van der Waals surface area contributed by atoms with Crippen molar-refractivity contribution in [2.24, 2.45) is 0 Å². The molecular formula is C24H22F4N6O2. The number of nitrogens with zero attached hydrogens (tertiary/aromatic N) is 2. The molecular weight excluding hydrogens is 480 g/mol. The molecule has 0 unspecified atom stereocenters. The number of amides is 2. The van der Waals surface area contributed by atoms with Gasteiger partial charge in [0, 0.05) is 19.4 Å². The molecule has 2 amide bonds. The first kappa shape index (κ1) is 24.9. The van der Waals surface area contributed by atoms with Crippen molar-refractivity contribution in [2.75, 3.05) is 17.7 Å². The molecule has 188 valence electrons. The van der Waals surface area contributed by atoms with E-state index in [9.17, 15) is 27.2 Å². The molecule has 1 aliphatic carbocycles. The van der Waals surface area contributed by atoms with Gasteiger partial charge in [0.2, 0.25) is 5.91 Å². The minimum atomic E-state index is -4.73. The highest BCUT2D eigenvalue weighted by atomic mass is 19.4. The molecule has 0 aliphatic heterocycles. The Balaban J connectivity index is 1.35. The summed E-state index contributed by atoms with van der Waals surface area (Å²) in [6, 6.07) is 7.00. The second kappa shape index (κ2) is 9.80. The third kappa shape index (κ3) is 5.70. The quantitative estimate of drug-likeness (QED) is 0.347. The summed E-state index contributed by atoms with van der Waals surface area (Å²) in [7, 11) is 1.70. The summed E-state index contributed by atoms with van der Waals surface area (Å²) < 4.78 is 52.9. The molecule has 4 N–H and O–H groups in total. The van der Waals surface area contributed by atoms with Gasteiger partial charge >= 0.3 is 6.18 Å². The van der Waals surface area contributed by atoms with Gasteiger partial charge in [-0.2, -0.15) is 13.2 Å². The van der Waals surface area contributed by atoms with E-state index >= 15 is 0 Å². The Kier molecular flexibility index (Phi) is 6.77. The van der Waals surface area contributed by atoms with Crippen LogP contribution in [0.2, 0.25) is 0 Å². The number of halogens is 4. The summed E-state index contributed by atoms with van der Waals surface area (Å²) in [5.41, 5.74) is -0.763. The van der Waals surface area contributed by atoms with Crippen molar-refractivity contribution in [2.45, 2.75) is 31.1 Å². The normalized spacial score (nSPS) is 14.0. The van der Waals surface area contributed by atoms with Gasteiger partial charge in [-0.3, -0.25) is 19.6 Å². The number of nitrogens with one attached hydrogen (secondary N) is 4. The highest BCUT2D eigenvalue weighted by molar-refractivity contribution is 6.00. The van der Waals surface area contributed by atoms with E-state index in [1.165, 1.54) is 24.5 Å². The molecule has 0 saturated heterocycles. The van der Waals surface area contributed by atoms with E-state index in [2.05, 4.69) is 31.2 Å². The van der Waals surface area contributed by atoms with Gasteiger partial charge in [0.25, 0.3) is 5.91 Å². The van der Waals surface area contributed by atoms with Crippen molar-refractivity contribution in [3.8, 4) is 0 Å². The van der Waals surface area contributed by atoms with Gasteiger partial charge < -0.3 is 21.3 Å². The van der Waals surface area contributed by atoms with Crippen LogP contribution < -0.4 is 21.3 Å². The van der Waals surface area contributed by atoms with E-state index in [0.717, 1.165) is 12.1 Å². The molecule has 1 saturated carbocycles. The van der Waals surface area contributed by atoms with E-state index < -0.39 is 29.0 Å². The van der Waals surface area contributed by atoms with Crippen LogP contribution >= 0.6 is 0 Å². The Morgan fingerprint density at radius 2 is 1.81 bits per heavy atom. The lowest BCUT2D eigenvalue weighted by Crippen LogP contribution is -2.48. The Morgan fingerprint density at radius 1 is 1.03 bits per heavy atom. The van der Waals surface area contributed by atoms with E-state index in [1.807, 2.05) is 0 Å². The molecule has 12 heteroatoms. The molecule has 2 heterocycles. The molecule has 0 atom stereocenters. The smallest absolute Gasteiger partial charge is 0.387 e. The summed E-state index contributed by atoms with van der Waals surface area (Å²) in [5.74, 6) is -1.77. The number of hydrogen-bond donors (Lipinski definition) is 4. The molecule has 0 spiro atoms. The Labute approximate surface area is 203 Å². The van der Waals surface area contributed by atoms with Crippen molar-refractivity contribution in [1.82, 2.24) is 20.6 Å². The Morgan fingerprint density at radius 3 is 2.44 bits per heavy atom. The first-order chi connectivity index (χ1) is 17.1. The second-order valence-corrected chi connectivity index (χ2v) is 8.28. The Hall–Kier alpha value is -4.22. The van der Waals surface area contributed by atoms with Crippen molar-refractivity contribution in [1.29, 1.82) is 0 Å². The maximum absolute atomic E-state index is 13.3. The molecule has 1 fully saturated rings. The molecule has 4 rings (SSSR count). The average Bonchev–Trinajstić information content (AvgIpc) is 3.64. The minimum Gasteiger partial charge on any atom is -0.387 e. The maximum atomic E-state index is 13.3. The highest BCUT2D eigenvalue weighted by Crippen LogP contribution is 2.37. The van der Waals surface area contributed by atoms with Crippen LogP contribution in [0.5, 0.6) is 0 Å². The number of pyridine rings is 2. The van der Waals surface area contributed by atoms with Crippen LogP contribution in [0.25, 0.3) is 0 Å². The molecule has 1 aliphatic rings. The Bertz CT molecular complexity index is 1280. The number of anilines is 3. The largest absolute Gasteiger partial charge is 0.418 e. The topological polar surface area (TPSA) is 108 Å². The van der Waals surface area contributed by atoms with Crippen molar-refractivity contribution < 1.29 is 27.2 Å². The number of hydrogen-bond acceptors (Lipinski definition) is 6. The monoisotopic (exact) mass is 502 g/mol. The van der Waals surface area contributed by atoms with Crippen LogP contribution in [0.4, 0.5) is 34.6 Å². The van der Waals surface area contributed by atoms with Gasteiger partial charge in [0.15, 0.2) is 0 Å². The number of alkyl halides is 3. The number of benzene rings is 1. The summed E-state index contributed by atoms with van der Waals surface area (Å²) >= 11 is 0.